The minimum Gasteiger partial charge on any atom is -0.338 e. The number of nitro groups is 1. The molecule has 1 N–H and O–H groups in total. The van der Waals surface area contributed by atoms with Crippen molar-refractivity contribution >= 4 is 35.8 Å². The van der Waals surface area contributed by atoms with Crippen molar-refractivity contribution in [2.75, 3.05) is 32.4 Å². The van der Waals surface area contributed by atoms with E-state index < -0.39 is 4.92 Å². The molecule has 6 nitrogen and oxygen atoms in total. The SMILES string of the molecule is CSc1ccc([N+](=O)[O-])c(C(=O)N2C[C@H]3CNC[C@H]3C2)c1.Cl. The van der Waals surface area contributed by atoms with Crippen LogP contribution in [0.4, 0.5) is 5.69 Å². The van der Waals surface area contributed by atoms with Crippen LogP contribution in [0.15, 0.2) is 23.1 Å². The highest BCUT2D eigenvalue weighted by Crippen LogP contribution is 2.31. The molecule has 0 aliphatic carbocycles. The summed E-state index contributed by atoms with van der Waals surface area (Å²) in [6, 6.07) is 4.75. The smallest absolute Gasteiger partial charge is 0.282 e. The molecule has 0 saturated carbocycles. The lowest BCUT2D eigenvalue weighted by molar-refractivity contribution is -0.385. The fraction of sp³-hybridized carbons (Fsp3) is 0.500. The van der Waals surface area contributed by atoms with Gasteiger partial charge >= 0.3 is 0 Å². The van der Waals surface area contributed by atoms with Gasteiger partial charge in [0.2, 0.25) is 0 Å². The van der Waals surface area contributed by atoms with Crippen molar-refractivity contribution in [2.45, 2.75) is 4.90 Å². The summed E-state index contributed by atoms with van der Waals surface area (Å²) < 4.78 is 0. The summed E-state index contributed by atoms with van der Waals surface area (Å²) in [5.74, 6) is 0.750. The van der Waals surface area contributed by atoms with E-state index in [9.17, 15) is 14.9 Å². The number of carbonyl (C=O) groups excluding carboxylic acids is 1. The summed E-state index contributed by atoms with van der Waals surface area (Å²) in [7, 11) is 0. The van der Waals surface area contributed by atoms with Crippen LogP contribution in [0.5, 0.6) is 0 Å². The number of fused-ring (bicyclic) bond motifs is 1. The van der Waals surface area contributed by atoms with Gasteiger partial charge in [-0.3, -0.25) is 14.9 Å². The second kappa shape index (κ2) is 6.85. The van der Waals surface area contributed by atoms with Gasteiger partial charge in [0.15, 0.2) is 0 Å². The van der Waals surface area contributed by atoms with E-state index in [1.165, 1.54) is 17.8 Å². The van der Waals surface area contributed by atoms with Crippen molar-refractivity contribution in [3.8, 4) is 0 Å². The second-order valence-corrected chi connectivity index (χ2v) is 6.41. The molecule has 0 bridgehead atoms. The van der Waals surface area contributed by atoms with E-state index in [4.69, 9.17) is 0 Å². The minimum absolute atomic E-state index is 0. The Labute approximate surface area is 139 Å². The number of rotatable bonds is 3. The van der Waals surface area contributed by atoms with Crippen LogP contribution in [0.3, 0.4) is 0 Å². The van der Waals surface area contributed by atoms with Crippen LogP contribution in [-0.4, -0.2) is 48.2 Å². The molecular weight excluding hydrogens is 326 g/mol. The van der Waals surface area contributed by atoms with Gasteiger partial charge in [0, 0.05) is 37.1 Å². The minimum atomic E-state index is -0.476. The van der Waals surface area contributed by atoms with E-state index in [1.807, 2.05) is 6.26 Å². The molecule has 22 heavy (non-hydrogen) atoms. The lowest BCUT2D eigenvalue weighted by atomic mass is 10.0. The second-order valence-electron chi connectivity index (χ2n) is 5.53. The van der Waals surface area contributed by atoms with Crippen LogP contribution in [0.2, 0.25) is 0 Å². The van der Waals surface area contributed by atoms with Gasteiger partial charge in [-0.25, -0.2) is 0 Å². The number of benzene rings is 1. The van der Waals surface area contributed by atoms with E-state index in [-0.39, 0.29) is 29.6 Å². The van der Waals surface area contributed by atoms with Gasteiger partial charge in [0.25, 0.3) is 11.6 Å². The van der Waals surface area contributed by atoms with Crippen molar-refractivity contribution in [1.29, 1.82) is 0 Å². The Morgan fingerprint density at radius 3 is 2.55 bits per heavy atom. The van der Waals surface area contributed by atoms with Crippen LogP contribution in [-0.2, 0) is 0 Å². The van der Waals surface area contributed by atoms with Gasteiger partial charge in [0.05, 0.1) is 4.92 Å². The predicted molar refractivity (Wildman–Crippen MR) is 87.9 cm³/mol. The first-order valence-electron chi connectivity index (χ1n) is 6.92. The molecule has 120 valence electrons. The quantitative estimate of drug-likeness (QED) is 0.516. The van der Waals surface area contributed by atoms with E-state index in [0.29, 0.717) is 24.9 Å². The zero-order chi connectivity index (χ0) is 15.0. The molecule has 2 saturated heterocycles. The highest BCUT2D eigenvalue weighted by Gasteiger charge is 2.39. The van der Waals surface area contributed by atoms with Crippen molar-refractivity contribution < 1.29 is 9.72 Å². The molecule has 8 heteroatoms. The normalized spacial score (nSPS) is 23.0. The molecule has 2 aliphatic heterocycles. The molecule has 2 atom stereocenters. The highest BCUT2D eigenvalue weighted by molar-refractivity contribution is 7.98. The van der Waals surface area contributed by atoms with E-state index in [1.54, 1.807) is 17.0 Å². The summed E-state index contributed by atoms with van der Waals surface area (Å²) in [5.41, 5.74) is 0.104. The lowest BCUT2D eigenvalue weighted by Gasteiger charge is -2.17. The zero-order valence-electron chi connectivity index (χ0n) is 12.2. The predicted octanol–water partition coefficient (Wildman–Crippen LogP) is 2.03. The van der Waals surface area contributed by atoms with Crippen molar-refractivity contribution in [3.63, 3.8) is 0 Å². The topological polar surface area (TPSA) is 75.5 Å². The van der Waals surface area contributed by atoms with E-state index in [0.717, 1.165) is 18.0 Å². The third-order valence-electron chi connectivity index (χ3n) is 4.31. The third kappa shape index (κ3) is 3.06. The maximum absolute atomic E-state index is 12.7. The number of thioether (sulfide) groups is 1. The number of nitrogens with one attached hydrogen (secondary N) is 1. The van der Waals surface area contributed by atoms with E-state index in [2.05, 4.69) is 5.32 Å². The zero-order valence-corrected chi connectivity index (χ0v) is 13.8. The van der Waals surface area contributed by atoms with Crippen molar-refractivity contribution in [3.05, 3.63) is 33.9 Å². The van der Waals surface area contributed by atoms with Gasteiger partial charge in [-0.2, -0.15) is 0 Å². The number of carbonyl (C=O) groups is 1. The molecule has 1 amide bonds. The Balaban J connectivity index is 0.00000176. The Kier molecular flexibility index (Phi) is 5.31. The summed E-state index contributed by atoms with van der Waals surface area (Å²) in [6.45, 7) is 3.25. The van der Waals surface area contributed by atoms with Gasteiger partial charge in [-0.15, -0.1) is 24.2 Å². The fourth-order valence-corrected chi connectivity index (χ4v) is 3.60. The number of halogens is 1. The van der Waals surface area contributed by atoms with Crippen LogP contribution in [0, 0.1) is 22.0 Å². The van der Waals surface area contributed by atoms with Crippen molar-refractivity contribution in [2.24, 2.45) is 11.8 Å². The number of hydrogen-bond donors (Lipinski definition) is 1. The molecule has 0 spiro atoms. The summed E-state index contributed by atoms with van der Waals surface area (Å²) in [6.07, 6.45) is 1.89. The molecule has 1 aromatic carbocycles. The monoisotopic (exact) mass is 343 g/mol. The Morgan fingerprint density at radius 1 is 1.36 bits per heavy atom. The fourth-order valence-electron chi connectivity index (χ4n) is 3.16. The number of likely N-dealkylation sites (tertiary alicyclic amines) is 1. The number of nitrogens with zero attached hydrogens (tertiary/aromatic N) is 2. The molecule has 3 rings (SSSR count). The maximum Gasteiger partial charge on any atom is 0.282 e. The van der Waals surface area contributed by atoms with Gasteiger partial charge in [-0.1, -0.05) is 0 Å². The average Bonchev–Trinajstić information content (AvgIpc) is 3.06. The van der Waals surface area contributed by atoms with Crippen LogP contribution in [0.25, 0.3) is 0 Å². The lowest BCUT2D eigenvalue weighted by Crippen LogP contribution is -2.32. The average molecular weight is 344 g/mol. The van der Waals surface area contributed by atoms with Gasteiger partial charge < -0.3 is 10.2 Å². The molecule has 2 fully saturated rings. The van der Waals surface area contributed by atoms with Crippen LogP contribution < -0.4 is 5.32 Å². The maximum atomic E-state index is 12.7. The standard InChI is InChI=1S/C14H17N3O3S.ClH/c1-21-11-2-3-13(17(19)20)12(4-11)14(18)16-7-9-5-15-6-10(9)8-16;/h2-4,9-10,15H,5-8H2,1H3;1H/t9-,10+;. The molecule has 1 aromatic rings. The van der Waals surface area contributed by atoms with Crippen LogP contribution in [0.1, 0.15) is 10.4 Å². The summed E-state index contributed by atoms with van der Waals surface area (Å²) in [4.78, 5) is 26.0. The first-order valence-corrected chi connectivity index (χ1v) is 8.15. The molecule has 2 aliphatic rings. The molecule has 2 heterocycles. The molecule has 0 unspecified atom stereocenters. The summed E-state index contributed by atoms with van der Waals surface area (Å²) in [5, 5.41) is 14.5. The number of amides is 1. The van der Waals surface area contributed by atoms with Crippen LogP contribution >= 0.6 is 24.2 Å². The molecular formula is C14H18ClN3O3S. The Bertz CT molecular complexity index is 587. The highest BCUT2D eigenvalue weighted by atomic mass is 35.5. The third-order valence-corrected chi connectivity index (χ3v) is 5.03. The number of nitro benzene ring substituents is 1. The van der Waals surface area contributed by atoms with Gasteiger partial charge in [-0.05, 0) is 30.2 Å². The van der Waals surface area contributed by atoms with Gasteiger partial charge in [0.1, 0.15) is 5.56 Å². The summed E-state index contributed by atoms with van der Waals surface area (Å²) >= 11 is 1.48. The first kappa shape index (κ1) is 17.1. The molecule has 0 aromatic heterocycles. The number of hydrogen-bond acceptors (Lipinski definition) is 5. The molecule has 0 radical (unpaired) electrons. The van der Waals surface area contributed by atoms with E-state index >= 15 is 0 Å². The Morgan fingerprint density at radius 2 is 2.00 bits per heavy atom. The largest absolute Gasteiger partial charge is 0.338 e. The van der Waals surface area contributed by atoms with Crippen molar-refractivity contribution in [1.82, 2.24) is 10.2 Å². The Hall–Kier alpha value is -1.31. The first-order chi connectivity index (χ1) is 10.1.